The molecule has 0 spiro atoms. The molecule has 0 aliphatic heterocycles. The van der Waals surface area contributed by atoms with Gasteiger partial charge in [-0.15, -0.1) is 0 Å². The van der Waals surface area contributed by atoms with Crippen LogP contribution in [0.5, 0.6) is 11.5 Å². The molecule has 0 aliphatic rings. The van der Waals surface area contributed by atoms with Crippen molar-refractivity contribution in [3.63, 3.8) is 0 Å². The Bertz CT molecular complexity index is 1350. The number of aryl methyl sites for hydroxylation is 1. The number of rotatable bonds is 9. The van der Waals surface area contributed by atoms with Crippen molar-refractivity contribution in [3.05, 3.63) is 71.8 Å². The summed E-state index contributed by atoms with van der Waals surface area (Å²) >= 11 is 0. The van der Waals surface area contributed by atoms with Crippen LogP contribution in [0.3, 0.4) is 0 Å². The first-order valence-corrected chi connectivity index (χ1v) is 11.3. The first-order valence-electron chi connectivity index (χ1n) is 11.3. The van der Waals surface area contributed by atoms with Crippen LogP contribution >= 0.6 is 0 Å². The molecule has 0 fully saturated rings. The molecular weight excluding hydrogens is 449 g/mol. The van der Waals surface area contributed by atoms with Crippen molar-refractivity contribution in [2.45, 2.75) is 19.8 Å². The minimum atomic E-state index is -0.301. The summed E-state index contributed by atoms with van der Waals surface area (Å²) in [6.45, 7) is 4.73. The number of halogens is 1. The SMILES string of the molecule is COCCNC(=O)c1cc(Oc2ccc3c(c2)nc(Nc2ccc(F)c(C(C)C)c2)n3C)ccn1. The molecule has 1 amide bonds. The summed E-state index contributed by atoms with van der Waals surface area (Å²) in [5.41, 5.74) is 3.29. The largest absolute Gasteiger partial charge is 0.457 e. The highest BCUT2D eigenvalue weighted by molar-refractivity contribution is 5.92. The number of nitrogens with one attached hydrogen (secondary N) is 2. The summed E-state index contributed by atoms with van der Waals surface area (Å²) in [6.07, 6.45) is 1.52. The number of pyridine rings is 1. The summed E-state index contributed by atoms with van der Waals surface area (Å²) in [6, 6.07) is 13.8. The van der Waals surface area contributed by atoms with Crippen LogP contribution in [0.25, 0.3) is 11.0 Å². The molecule has 0 saturated carbocycles. The smallest absolute Gasteiger partial charge is 0.270 e. The van der Waals surface area contributed by atoms with Crippen LogP contribution in [0.2, 0.25) is 0 Å². The number of carbonyl (C=O) groups is 1. The van der Waals surface area contributed by atoms with E-state index in [0.717, 1.165) is 16.7 Å². The zero-order valence-electron chi connectivity index (χ0n) is 20.1. The lowest BCUT2D eigenvalue weighted by Gasteiger charge is -2.11. The Morgan fingerprint density at radius 1 is 1.11 bits per heavy atom. The third-order valence-corrected chi connectivity index (χ3v) is 5.52. The maximum atomic E-state index is 14.1. The molecular formula is C26H28FN5O3. The van der Waals surface area contributed by atoms with Gasteiger partial charge in [-0.2, -0.15) is 0 Å². The van der Waals surface area contributed by atoms with Crippen LogP contribution in [0.15, 0.2) is 54.7 Å². The maximum Gasteiger partial charge on any atom is 0.270 e. The summed E-state index contributed by atoms with van der Waals surface area (Å²) in [7, 11) is 3.48. The van der Waals surface area contributed by atoms with E-state index < -0.39 is 0 Å². The van der Waals surface area contributed by atoms with Crippen molar-refractivity contribution in [2.75, 3.05) is 25.6 Å². The number of imidazole rings is 1. The van der Waals surface area contributed by atoms with Crippen LogP contribution in [-0.2, 0) is 11.8 Å². The Hall–Kier alpha value is -3.98. The van der Waals surface area contributed by atoms with Crippen LogP contribution in [-0.4, -0.2) is 40.7 Å². The Labute approximate surface area is 203 Å². The number of methoxy groups -OCH3 is 1. The fraction of sp³-hybridized carbons (Fsp3) is 0.269. The lowest BCUT2D eigenvalue weighted by Crippen LogP contribution is -2.27. The maximum absolute atomic E-state index is 14.1. The average Bonchev–Trinajstić information content (AvgIpc) is 3.14. The third kappa shape index (κ3) is 5.58. The van der Waals surface area contributed by atoms with E-state index in [0.29, 0.717) is 36.2 Å². The number of ether oxygens (including phenoxy) is 2. The second-order valence-corrected chi connectivity index (χ2v) is 8.39. The van der Waals surface area contributed by atoms with Crippen LogP contribution in [0.4, 0.5) is 16.0 Å². The topological polar surface area (TPSA) is 90.3 Å². The number of fused-ring (bicyclic) bond motifs is 1. The standard InChI is InChI=1S/C26H28FN5O3/c1-16(2)20-13-17(5-7-21(20)27)30-26-31-22-14-18(6-8-24(22)32(26)3)35-19-9-10-28-23(15-19)25(33)29-11-12-34-4/h5-10,13-16H,11-12H2,1-4H3,(H,29,33)(H,30,31). The van der Waals surface area contributed by atoms with Gasteiger partial charge in [-0.05, 0) is 47.9 Å². The second kappa shape index (κ2) is 10.5. The van der Waals surface area contributed by atoms with Gasteiger partial charge in [0.1, 0.15) is 23.0 Å². The number of aromatic nitrogens is 3. The van der Waals surface area contributed by atoms with Gasteiger partial charge >= 0.3 is 0 Å². The number of hydrogen-bond acceptors (Lipinski definition) is 6. The zero-order valence-corrected chi connectivity index (χ0v) is 20.1. The molecule has 0 aliphatic carbocycles. The lowest BCUT2D eigenvalue weighted by atomic mass is 10.0. The molecule has 2 aromatic carbocycles. The highest BCUT2D eigenvalue weighted by atomic mass is 19.1. The molecule has 2 aromatic heterocycles. The number of benzene rings is 2. The molecule has 9 heteroatoms. The quantitative estimate of drug-likeness (QED) is 0.324. The predicted octanol–water partition coefficient (Wildman–Crippen LogP) is 5.14. The van der Waals surface area contributed by atoms with Crippen LogP contribution < -0.4 is 15.4 Å². The average molecular weight is 478 g/mol. The molecule has 0 saturated heterocycles. The van der Waals surface area contributed by atoms with Crippen molar-refractivity contribution in [1.29, 1.82) is 0 Å². The molecule has 35 heavy (non-hydrogen) atoms. The summed E-state index contributed by atoms with van der Waals surface area (Å²) in [5.74, 6) is 1.23. The van der Waals surface area contributed by atoms with E-state index in [-0.39, 0.29) is 23.3 Å². The van der Waals surface area contributed by atoms with Crippen LogP contribution in [0, 0.1) is 5.82 Å². The summed E-state index contributed by atoms with van der Waals surface area (Å²) < 4.78 is 26.9. The number of amides is 1. The van der Waals surface area contributed by atoms with Gasteiger partial charge in [-0.1, -0.05) is 13.8 Å². The molecule has 2 N–H and O–H groups in total. The molecule has 8 nitrogen and oxygen atoms in total. The number of hydrogen-bond donors (Lipinski definition) is 2. The third-order valence-electron chi connectivity index (χ3n) is 5.52. The molecule has 182 valence electrons. The molecule has 0 atom stereocenters. The monoisotopic (exact) mass is 477 g/mol. The van der Waals surface area contributed by atoms with Crippen molar-refractivity contribution in [1.82, 2.24) is 19.9 Å². The fourth-order valence-corrected chi connectivity index (χ4v) is 3.64. The number of nitrogens with zero attached hydrogens (tertiary/aromatic N) is 3. The Balaban J connectivity index is 1.53. The lowest BCUT2D eigenvalue weighted by molar-refractivity contribution is 0.0932. The van der Waals surface area contributed by atoms with Gasteiger partial charge < -0.3 is 24.7 Å². The zero-order chi connectivity index (χ0) is 24.9. The summed E-state index contributed by atoms with van der Waals surface area (Å²) in [4.78, 5) is 21.0. The van der Waals surface area contributed by atoms with Crippen molar-refractivity contribution < 1.29 is 18.7 Å². The molecule has 0 radical (unpaired) electrons. The second-order valence-electron chi connectivity index (χ2n) is 8.39. The van der Waals surface area contributed by atoms with E-state index >= 15 is 0 Å². The van der Waals surface area contributed by atoms with Crippen molar-refractivity contribution in [2.24, 2.45) is 7.05 Å². The van der Waals surface area contributed by atoms with Gasteiger partial charge in [-0.3, -0.25) is 9.78 Å². The predicted molar refractivity (Wildman–Crippen MR) is 133 cm³/mol. The van der Waals surface area contributed by atoms with Gasteiger partial charge in [0, 0.05) is 44.7 Å². The first-order chi connectivity index (χ1) is 16.9. The normalized spacial score (nSPS) is 11.1. The highest BCUT2D eigenvalue weighted by Crippen LogP contribution is 2.29. The number of carbonyl (C=O) groups excluding carboxylic acids is 1. The van der Waals surface area contributed by atoms with E-state index in [9.17, 15) is 9.18 Å². The molecule has 0 bridgehead atoms. The van der Waals surface area contributed by atoms with Gasteiger partial charge in [0.2, 0.25) is 5.95 Å². The first kappa shape index (κ1) is 24.2. The molecule has 4 aromatic rings. The Morgan fingerprint density at radius 2 is 1.91 bits per heavy atom. The number of anilines is 2. The van der Waals surface area contributed by atoms with E-state index in [4.69, 9.17) is 9.47 Å². The Kier molecular flexibility index (Phi) is 7.26. The van der Waals surface area contributed by atoms with Gasteiger partial charge in [0.15, 0.2) is 0 Å². The molecule has 4 rings (SSSR count). The van der Waals surface area contributed by atoms with Gasteiger partial charge in [0.25, 0.3) is 5.91 Å². The van der Waals surface area contributed by atoms with E-state index in [1.165, 1.54) is 12.3 Å². The van der Waals surface area contributed by atoms with E-state index in [1.807, 2.05) is 43.7 Å². The van der Waals surface area contributed by atoms with Crippen LogP contribution in [0.1, 0.15) is 35.8 Å². The minimum absolute atomic E-state index is 0.0713. The Morgan fingerprint density at radius 3 is 2.69 bits per heavy atom. The summed E-state index contributed by atoms with van der Waals surface area (Å²) in [5, 5.41) is 6.01. The highest BCUT2D eigenvalue weighted by Gasteiger charge is 2.13. The minimum Gasteiger partial charge on any atom is -0.457 e. The van der Waals surface area contributed by atoms with E-state index in [1.54, 1.807) is 31.4 Å². The van der Waals surface area contributed by atoms with Gasteiger partial charge in [-0.25, -0.2) is 9.37 Å². The van der Waals surface area contributed by atoms with Gasteiger partial charge in [0.05, 0.1) is 17.6 Å². The van der Waals surface area contributed by atoms with Crippen molar-refractivity contribution in [3.8, 4) is 11.5 Å². The molecule has 0 unspecified atom stereocenters. The fourth-order valence-electron chi connectivity index (χ4n) is 3.64. The van der Waals surface area contributed by atoms with Crippen molar-refractivity contribution >= 4 is 28.6 Å². The van der Waals surface area contributed by atoms with E-state index in [2.05, 4.69) is 20.6 Å². The molecule has 2 heterocycles.